The highest BCUT2D eigenvalue weighted by Gasteiger charge is 2.15. The second-order valence-electron chi connectivity index (χ2n) is 4.74. The average molecular weight is 404 g/mol. The van der Waals surface area contributed by atoms with E-state index in [0.29, 0.717) is 0 Å². The highest BCUT2D eigenvalue weighted by Crippen LogP contribution is 2.32. The third-order valence-electron chi connectivity index (χ3n) is 3.22. The Bertz CT molecular complexity index is 567. The summed E-state index contributed by atoms with van der Waals surface area (Å²) in [6.07, 6.45) is 2.13. The predicted octanol–water partition coefficient (Wildman–Crippen LogP) is 5.66. The fourth-order valence-electron chi connectivity index (χ4n) is 2.14. The van der Waals surface area contributed by atoms with Crippen LogP contribution in [0.4, 0.5) is 0 Å². The molecule has 20 heavy (non-hydrogen) atoms. The van der Waals surface area contributed by atoms with Crippen LogP contribution < -0.4 is 5.32 Å². The fraction of sp³-hybridized carbons (Fsp3) is 0.375. The summed E-state index contributed by atoms with van der Waals surface area (Å²) in [4.78, 5) is 0. The van der Waals surface area contributed by atoms with Crippen LogP contribution in [0.5, 0.6) is 0 Å². The van der Waals surface area contributed by atoms with Crippen molar-refractivity contribution in [2.24, 2.45) is 0 Å². The molecule has 1 aromatic carbocycles. The molecule has 1 aromatic heterocycles. The van der Waals surface area contributed by atoms with E-state index in [-0.39, 0.29) is 6.04 Å². The first kappa shape index (κ1) is 15.9. The van der Waals surface area contributed by atoms with E-state index in [1.165, 1.54) is 0 Å². The summed E-state index contributed by atoms with van der Waals surface area (Å²) < 4.78 is 7.12. The maximum absolute atomic E-state index is 6.29. The number of furan rings is 1. The minimum absolute atomic E-state index is 0.270. The van der Waals surface area contributed by atoms with Gasteiger partial charge in [-0.25, -0.2) is 0 Å². The van der Waals surface area contributed by atoms with Crippen LogP contribution in [0.25, 0.3) is 11.3 Å². The van der Waals surface area contributed by atoms with Crippen molar-refractivity contribution in [3.63, 3.8) is 0 Å². The van der Waals surface area contributed by atoms with E-state index in [0.717, 1.165) is 45.1 Å². The molecular weight excluding hydrogens is 385 g/mol. The Kier molecular flexibility index (Phi) is 5.93. The number of hydrogen-bond acceptors (Lipinski definition) is 2. The van der Waals surface area contributed by atoms with Gasteiger partial charge in [0.15, 0.2) is 0 Å². The lowest BCUT2D eigenvalue weighted by molar-refractivity contribution is 0.411. The Balaban J connectivity index is 2.23. The molecule has 0 aliphatic carbocycles. The van der Waals surface area contributed by atoms with Gasteiger partial charge in [-0.05, 0) is 72.3 Å². The molecule has 0 spiro atoms. The number of benzene rings is 1. The van der Waals surface area contributed by atoms with Crippen molar-refractivity contribution in [2.75, 3.05) is 6.54 Å². The summed E-state index contributed by atoms with van der Waals surface area (Å²) >= 11 is 8.54. The molecule has 2 rings (SSSR count). The van der Waals surface area contributed by atoms with Gasteiger partial charge in [0.25, 0.3) is 0 Å². The minimum atomic E-state index is 0.270. The van der Waals surface area contributed by atoms with E-state index >= 15 is 0 Å². The highest BCUT2D eigenvalue weighted by atomic mass is 127. The summed E-state index contributed by atoms with van der Waals surface area (Å²) in [5, 5.41) is 4.23. The van der Waals surface area contributed by atoms with Crippen molar-refractivity contribution in [1.82, 2.24) is 5.32 Å². The number of halogens is 2. The van der Waals surface area contributed by atoms with Gasteiger partial charge in [-0.1, -0.05) is 25.4 Å². The summed E-state index contributed by atoms with van der Waals surface area (Å²) in [6.45, 7) is 5.32. The van der Waals surface area contributed by atoms with E-state index in [2.05, 4.69) is 41.8 Å². The van der Waals surface area contributed by atoms with Crippen LogP contribution in [-0.2, 0) is 0 Å². The Hall–Kier alpha value is -0.520. The molecule has 2 nitrogen and oxygen atoms in total. The first-order chi connectivity index (χ1) is 9.65. The van der Waals surface area contributed by atoms with Gasteiger partial charge in [0, 0.05) is 9.13 Å². The van der Waals surface area contributed by atoms with Crippen LogP contribution in [-0.4, -0.2) is 6.54 Å². The van der Waals surface area contributed by atoms with E-state index in [1.54, 1.807) is 0 Å². The largest absolute Gasteiger partial charge is 0.459 e. The van der Waals surface area contributed by atoms with Crippen molar-refractivity contribution >= 4 is 34.2 Å². The molecule has 0 aliphatic rings. The molecule has 0 fully saturated rings. The molecule has 0 aliphatic heterocycles. The number of rotatable bonds is 6. The third-order valence-corrected chi connectivity index (χ3v) is 4.20. The molecule has 0 bridgehead atoms. The lowest BCUT2D eigenvalue weighted by Gasteiger charge is -2.13. The zero-order chi connectivity index (χ0) is 14.5. The summed E-state index contributed by atoms with van der Waals surface area (Å²) in [6, 6.07) is 10.3. The molecule has 1 N–H and O–H groups in total. The normalized spacial score (nSPS) is 12.6. The van der Waals surface area contributed by atoms with Gasteiger partial charge in [0.1, 0.15) is 11.5 Å². The van der Waals surface area contributed by atoms with E-state index in [9.17, 15) is 0 Å². The zero-order valence-electron chi connectivity index (χ0n) is 11.7. The van der Waals surface area contributed by atoms with Gasteiger partial charge in [0.05, 0.1) is 11.1 Å². The summed E-state index contributed by atoms with van der Waals surface area (Å²) in [7, 11) is 0. The number of nitrogens with one attached hydrogen (secondary N) is 1. The van der Waals surface area contributed by atoms with Crippen molar-refractivity contribution in [3.8, 4) is 11.3 Å². The number of hydrogen-bond donors (Lipinski definition) is 1. The third kappa shape index (κ3) is 3.77. The molecule has 0 amide bonds. The second-order valence-corrected chi connectivity index (χ2v) is 6.39. The van der Waals surface area contributed by atoms with Gasteiger partial charge in [-0.3, -0.25) is 0 Å². The second kappa shape index (κ2) is 7.48. The Morgan fingerprint density at radius 2 is 2.05 bits per heavy atom. The molecule has 108 valence electrons. The van der Waals surface area contributed by atoms with Gasteiger partial charge in [-0.15, -0.1) is 0 Å². The molecular formula is C16H19ClINO. The predicted molar refractivity (Wildman–Crippen MR) is 93.2 cm³/mol. The summed E-state index contributed by atoms with van der Waals surface area (Å²) in [5.74, 6) is 1.81. The highest BCUT2D eigenvalue weighted by molar-refractivity contribution is 14.1. The van der Waals surface area contributed by atoms with Gasteiger partial charge >= 0.3 is 0 Å². The first-order valence-electron chi connectivity index (χ1n) is 6.94. The Morgan fingerprint density at radius 3 is 2.70 bits per heavy atom. The van der Waals surface area contributed by atoms with E-state index < -0.39 is 0 Å². The Labute approximate surface area is 139 Å². The van der Waals surface area contributed by atoms with Crippen molar-refractivity contribution in [1.29, 1.82) is 0 Å². The fourth-order valence-corrected chi connectivity index (χ4v) is 3.09. The molecule has 1 unspecified atom stereocenters. The lowest BCUT2D eigenvalue weighted by atomic mass is 10.1. The van der Waals surface area contributed by atoms with Crippen LogP contribution in [0.15, 0.2) is 34.7 Å². The molecule has 1 atom stereocenters. The van der Waals surface area contributed by atoms with Crippen LogP contribution in [0, 0.1) is 3.57 Å². The summed E-state index contributed by atoms with van der Waals surface area (Å²) in [5.41, 5.74) is 0.948. The van der Waals surface area contributed by atoms with Crippen LogP contribution in [0.2, 0.25) is 5.02 Å². The van der Waals surface area contributed by atoms with Gasteiger partial charge in [0.2, 0.25) is 0 Å². The first-order valence-corrected chi connectivity index (χ1v) is 8.40. The minimum Gasteiger partial charge on any atom is -0.459 e. The van der Waals surface area contributed by atoms with Crippen LogP contribution in [0.3, 0.4) is 0 Å². The monoisotopic (exact) mass is 403 g/mol. The lowest BCUT2D eigenvalue weighted by Crippen LogP contribution is -2.20. The van der Waals surface area contributed by atoms with Crippen molar-refractivity contribution < 1.29 is 4.42 Å². The molecule has 0 saturated heterocycles. The van der Waals surface area contributed by atoms with Crippen LogP contribution >= 0.6 is 34.2 Å². The smallest absolute Gasteiger partial charge is 0.135 e. The molecule has 0 saturated carbocycles. The van der Waals surface area contributed by atoms with E-state index in [4.69, 9.17) is 16.0 Å². The average Bonchev–Trinajstić information content (AvgIpc) is 2.89. The Morgan fingerprint density at radius 1 is 1.25 bits per heavy atom. The van der Waals surface area contributed by atoms with Crippen molar-refractivity contribution in [3.05, 3.63) is 44.7 Å². The quantitative estimate of drug-likeness (QED) is 0.630. The van der Waals surface area contributed by atoms with Gasteiger partial charge in [-0.2, -0.15) is 0 Å². The van der Waals surface area contributed by atoms with Crippen LogP contribution in [0.1, 0.15) is 38.5 Å². The standard InChI is InChI=1S/C16H19ClINO/c1-3-9-19-14(4-2)16-8-7-15(20-16)12-6-5-11(18)10-13(12)17/h5-8,10,14,19H,3-4,9H2,1-2H3. The van der Waals surface area contributed by atoms with E-state index in [1.807, 2.05) is 30.3 Å². The SMILES string of the molecule is CCCNC(CC)c1ccc(-c2ccc(I)cc2Cl)o1. The molecule has 1 heterocycles. The molecule has 0 radical (unpaired) electrons. The maximum Gasteiger partial charge on any atom is 0.135 e. The van der Waals surface area contributed by atoms with Gasteiger partial charge < -0.3 is 9.73 Å². The zero-order valence-corrected chi connectivity index (χ0v) is 14.7. The molecule has 4 heteroatoms. The molecule has 2 aromatic rings. The maximum atomic E-state index is 6.29. The van der Waals surface area contributed by atoms with Crippen molar-refractivity contribution in [2.45, 2.75) is 32.7 Å². The topological polar surface area (TPSA) is 25.2 Å².